The predicted octanol–water partition coefficient (Wildman–Crippen LogP) is 10.5. The summed E-state index contributed by atoms with van der Waals surface area (Å²) in [6.45, 7) is 12.9. The SMILES string of the molecule is CCN(C)c1ccc(/N=N/c2nc3sc(/N=N/c4ccc(OCCC(C)CC(C)(C)C)cc4)cc3s2)cc1. The topological polar surface area (TPSA) is 74.8 Å². The molecule has 9 heteroatoms. The molecule has 0 fully saturated rings. The number of hydrogen-bond acceptors (Lipinski definition) is 9. The first kappa shape index (κ1) is 27.9. The van der Waals surface area contributed by atoms with Gasteiger partial charge in [-0.25, -0.2) is 4.98 Å². The molecule has 0 spiro atoms. The van der Waals surface area contributed by atoms with Crippen LogP contribution in [0.2, 0.25) is 0 Å². The van der Waals surface area contributed by atoms with Gasteiger partial charge in [0.1, 0.15) is 15.6 Å². The molecule has 0 radical (unpaired) electrons. The molecular weight excluding hydrogens is 512 g/mol. The molecule has 200 valence electrons. The van der Waals surface area contributed by atoms with Crippen LogP contribution in [0, 0.1) is 11.3 Å². The van der Waals surface area contributed by atoms with E-state index >= 15 is 0 Å². The number of fused-ring (bicyclic) bond motifs is 1. The Morgan fingerprint density at radius 3 is 2.21 bits per heavy atom. The van der Waals surface area contributed by atoms with Crippen molar-refractivity contribution in [3.63, 3.8) is 0 Å². The number of nitrogens with zero attached hydrogens (tertiary/aromatic N) is 6. The molecule has 0 amide bonds. The number of benzene rings is 2. The first-order chi connectivity index (χ1) is 18.2. The number of anilines is 1. The van der Waals surface area contributed by atoms with E-state index in [2.05, 4.69) is 72.0 Å². The van der Waals surface area contributed by atoms with Gasteiger partial charge in [0.15, 0.2) is 0 Å². The zero-order valence-electron chi connectivity index (χ0n) is 23.0. The van der Waals surface area contributed by atoms with E-state index < -0.39 is 0 Å². The van der Waals surface area contributed by atoms with Gasteiger partial charge in [-0.2, -0.15) is 0 Å². The van der Waals surface area contributed by atoms with Crippen LogP contribution in [0.4, 0.5) is 27.2 Å². The first-order valence-corrected chi connectivity index (χ1v) is 14.6. The Morgan fingerprint density at radius 1 is 0.921 bits per heavy atom. The Kier molecular flexibility index (Phi) is 9.22. The summed E-state index contributed by atoms with van der Waals surface area (Å²) in [5, 5.41) is 18.9. The van der Waals surface area contributed by atoms with Gasteiger partial charge in [0, 0.05) is 19.3 Å². The maximum Gasteiger partial charge on any atom is 0.231 e. The van der Waals surface area contributed by atoms with Crippen molar-refractivity contribution in [3.05, 3.63) is 54.6 Å². The van der Waals surface area contributed by atoms with Crippen LogP contribution < -0.4 is 9.64 Å². The number of thiophene rings is 1. The van der Waals surface area contributed by atoms with Gasteiger partial charge in [-0.3, -0.25) is 0 Å². The van der Waals surface area contributed by atoms with Gasteiger partial charge in [-0.05, 0) is 85.7 Å². The molecular formula is C29H36N6OS2. The monoisotopic (exact) mass is 548 g/mol. The number of ether oxygens (including phenoxy) is 1. The van der Waals surface area contributed by atoms with Crippen molar-refractivity contribution in [1.82, 2.24) is 4.98 Å². The van der Waals surface area contributed by atoms with Crippen LogP contribution >= 0.6 is 22.7 Å². The standard InChI is InChI=1S/C29H36N6OS2/c1-7-35(6)23-12-8-21(9-13-23)32-34-28-30-27-25(37-28)18-26(38-27)33-31-22-10-14-24(15-11-22)36-17-16-20(2)19-29(3,4)5/h8-15,18,20H,7,16-17,19H2,1-6H3/b33-31+,34-32+. The third-order valence-electron chi connectivity index (χ3n) is 6.02. The summed E-state index contributed by atoms with van der Waals surface area (Å²) in [6.07, 6.45) is 2.25. The molecule has 1 unspecified atom stereocenters. The zero-order valence-corrected chi connectivity index (χ0v) is 24.6. The van der Waals surface area contributed by atoms with E-state index in [0.29, 0.717) is 16.5 Å². The van der Waals surface area contributed by atoms with Gasteiger partial charge in [-0.15, -0.1) is 20.5 Å². The lowest BCUT2D eigenvalue weighted by Gasteiger charge is -2.23. The summed E-state index contributed by atoms with van der Waals surface area (Å²) in [7, 11) is 2.06. The third kappa shape index (κ3) is 8.16. The maximum atomic E-state index is 5.92. The Bertz CT molecular complexity index is 1340. The van der Waals surface area contributed by atoms with E-state index in [1.54, 1.807) is 0 Å². The second-order valence-corrected chi connectivity index (χ2v) is 12.7. The van der Waals surface area contributed by atoms with E-state index in [9.17, 15) is 0 Å². The maximum absolute atomic E-state index is 5.92. The molecule has 0 bridgehead atoms. The lowest BCUT2D eigenvalue weighted by Crippen LogP contribution is -2.15. The molecule has 38 heavy (non-hydrogen) atoms. The molecule has 0 aliphatic heterocycles. The van der Waals surface area contributed by atoms with Gasteiger partial charge in [0.25, 0.3) is 0 Å². The molecule has 1 atom stereocenters. The molecule has 2 aromatic carbocycles. The predicted molar refractivity (Wildman–Crippen MR) is 161 cm³/mol. The molecule has 0 saturated heterocycles. The summed E-state index contributed by atoms with van der Waals surface area (Å²) < 4.78 is 6.95. The molecule has 4 aromatic rings. The number of hydrogen-bond donors (Lipinski definition) is 0. The number of thiazole rings is 1. The Hall–Kier alpha value is -3.17. The fourth-order valence-electron chi connectivity index (χ4n) is 4.10. The molecule has 7 nitrogen and oxygen atoms in total. The van der Waals surface area contributed by atoms with Crippen LogP contribution in [0.25, 0.3) is 9.53 Å². The molecule has 0 N–H and O–H groups in total. The second-order valence-electron chi connectivity index (χ2n) is 10.7. The van der Waals surface area contributed by atoms with Crippen LogP contribution in [0.5, 0.6) is 5.75 Å². The van der Waals surface area contributed by atoms with Crippen LogP contribution in [0.15, 0.2) is 75.1 Å². The van der Waals surface area contributed by atoms with Crippen molar-refractivity contribution in [1.29, 1.82) is 0 Å². The van der Waals surface area contributed by atoms with E-state index in [1.165, 1.54) is 29.1 Å². The Balaban J connectivity index is 1.29. The van der Waals surface area contributed by atoms with Crippen molar-refractivity contribution in [3.8, 4) is 5.75 Å². The van der Waals surface area contributed by atoms with E-state index in [-0.39, 0.29) is 0 Å². The fourth-order valence-corrected chi connectivity index (χ4v) is 5.95. The molecule has 0 saturated carbocycles. The number of rotatable bonds is 11. The van der Waals surface area contributed by atoms with Crippen molar-refractivity contribution in [2.24, 2.45) is 31.8 Å². The highest BCUT2D eigenvalue weighted by molar-refractivity contribution is 7.30. The van der Waals surface area contributed by atoms with E-state index in [1.807, 2.05) is 54.6 Å². The lowest BCUT2D eigenvalue weighted by molar-refractivity contribution is 0.240. The Morgan fingerprint density at radius 2 is 1.58 bits per heavy atom. The second kappa shape index (κ2) is 12.6. The highest BCUT2D eigenvalue weighted by Crippen LogP contribution is 2.39. The van der Waals surface area contributed by atoms with Gasteiger partial charge in [-0.1, -0.05) is 50.4 Å². The fraction of sp³-hybridized carbons (Fsp3) is 0.414. The minimum Gasteiger partial charge on any atom is -0.494 e. The van der Waals surface area contributed by atoms with E-state index in [4.69, 9.17) is 4.74 Å². The highest BCUT2D eigenvalue weighted by Gasteiger charge is 2.15. The molecule has 4 rings (SSSR count). The van der Waals surface area contributed by atoms with Gasteiger partial charge in [0.05, 0.1) is 22.7 Å². The molecule has 2 heterocycles. The normalized spacial score (nSPS) is 13.1. The van der Waals surface area contributed by atoms with Gasteiger partial charge in [0.2, 0.25) is 5.13 Å². The summed E-state index contributed by atoms with van der Waals surface area (Å²) in [4.78, 5) is 7.65. The minimum atomic E-state index is 0.353. The van der Waals surface area contributed by atoms with Crippen LogP contribution in [-0.2, 0) is 0 Å². The highest BCUT2D eigenvalue weighted by atomic mass is 32.1. The van der Waals surface area contributed by atoms with Crippen molar-refractivity contribution < 1.29 is 4.74 Å². The summed E-state index contributed by atoms with van der Waals surface area (Å²) >= 11 is 2.99. The number of azo groups is 2. The van der Waals surface area contributed by atoms with Crippen molar-refractivity contribution in [2.45, 2.75) is 47.5 Å². The van der Waals surface area contributed by atoms with Crippen LogP contribution in [-0.4, -0.2) is 25.2 Å². The summed E-state index contributed by atoms with van der Waals surface area (Å²) in [5.41, 5.74) is 3.10. The van der Waals surface area contributed by atoms with E-state index in [0.717, 1.165) is 56.9 Å². The average molecular weight is 549 g/mol. The van der Waals surface area contributed by atoms with Crippen LogP contribution in [0.3, 0.4) is 0 Å². The lowest BCUT2D eigenvalue weighted by atomic mass is 9.84. The Labute approximate surface area is 233 Å². The summed E-state index contributed by atoms with van der Waals surface area (Å²) in [6, 6.07) is 17.8. The quantitative estimate of drug-likeness (QED) is 0.175. The van der Waals surface area contributed by atoms with Crippen molar-refractivity contribution in [2.75, 3.05) is 25.1 Å². The molecule has 0 aliphatic carbocycles. The molecule has 0 aliphatic rings. The summed E-state index contributed by atoms with van der Waals surface area (Å²) in [5.74, 6) is 1.50. The number of aromatic nitrogens is 1. The van der Waals surface area contributed by atoms with Crippen molar-refractivity contribution >= 4 is 59.4 Å². The van der Waals surface area contributed by atoms with Gasteiger partial charge >= 0.3 is 0 Å². The smallest absolute Gasteiger partial charge is 0.231 e. The minimum absolute atomic E-state index is 0.353. The first-order valence-electron chi connectivity index (χ1n) is 13.0. The largest absolute Gasteiger partial charge is 0.494 e. The van der Waals surface area contributed by atoms with Gasteiger partial charge < -0.3 is 9.64 Å². The molecule has 2 aromatic heterocycles. The zero-order chi connectivity index (χ0) is 27.1. The van der Waals surface area contributed by atoms with Crippen LogP contribution in [0.1, 0.15) is 47.5 Å². The third-order valence-corrected chi connectivity index (χ3v) is 7.95. The average Bonchev–Trinajstić information content (AvgIpc) is 3.44.